The average Bonchev–Trinajstić information content (AvgIpc) is 3.20. The van der Waals surface area contributed by atoms with Crippen molar-refractivity contribution in [2.24, 2.45) is 11.7 Å². The molecule has 0 amide bonds. The zero-order valence-corrected chi connectivity index (χ0v) is 13.6. The van der Waals surface area contributed by atoms with Gasteiger partial charge in [0, 0.05) is 22.6 Å². The maximum absolute atomic E-state index is 5.87. The first-order valence-electron chi connectivity index (χ1n) is 7.16. The molecule has 1 aliphatic rings. The molecule has 1 aliphatic carbocycles. The minimum Gasteiger partial charge on any atom is -0.419 e. The van der Waals surface area contributed by atoms with Gasteiger partial charge in [-0.1, -0.05) is 15.9 Å². The van der Waals surface area contributed by atoms with Crippen LogP contribution in [0.1, 0.15) is 18.7 Å². The van der Waals surface area contributed by atoms with Gasteiger partial charge in [0.15, 0.2) is 0 Å². The van der Waals surface area contributed by atoms with Crippen molar-refractivity contribution in [3.63, 3.8) is 0 Å². The van der Waals surface area contributed by atoms with Crippen molar-refractivity contribution in [2.45, 2.75) is 25.4 Å². The van der Waals surface area contributed by atoms with E-state index in [9.17, 15) is 0 Å². The van der Waals surface area contributed by atoms with Crippen LogP contribution in [0.4, 0.5) is 0 Å². The molecule has 2 aromatic rings. The van der Waals surface area contributed by atoms with Crippen molar-refractivity contribution >= 4 is 15.9 Å². The van der Waals surface area contributed by atoms with E-state index in [0.717, 1.165) is 16.0 Å². The lowest BCUT2D eigenvalue weighted by molar-refractivity contribution is 0.197. The van der Waals surface area contributed by atoms with Crippen LogP contribution in [-0.4, -0.2) is 34.7 Å². The van der Waals surface area contributed by atoms with E-state index in [2.05, 4.69) is 38.1 Å². The lowest BCUT2D eigenvalue weighted by Gasteiger charge is -2.25. The molecule has 0 saturated heterocycles. The molecule has 6 heteroatoms. The monoisotopic (exact) mass is 350 g/mol. The Kier molecular flexibility index (Phi) is 4.37. The van der Waals surface area contributed by atoms with Crippen LogP contribution in [0.2, 0.25) is 0 Å². The van der Waals surface area contributed by atoms with Crippen LogP contribution in [0, 0.1) is 5.92 Å². The molecule has 1 aromatic heterocycles. The van der Waals surface area contributed by atoms with Crippen molar-refractivity contribution in [1.82, 2.24) is 15.1 Å². The maximum Gasteiger partial charge on any atom is 0.247 e. The van der Waals surface area contributed by atoms with Crippen molar-refractivity contribution in [1.29, 1.82) is 0 Å². The summed E-state index contributed by atoms with van der Waals surface area (Å²) in [6.45, 7) is 1.32. The maximum atomic E-state index is 5.87. The zero-order chi connectivity index (χ0) is 14.8. The van der Waals surface area contributed by atoms with Gasteiger partial charge < -0.3 is 10.2 Å². The molecule has 1 aromatic carbocycles. The molecular weight excluding hydrogens is 332 g/mol. The fraction of sp³-hybridized carbons (Fsp3) is 0.467. The second kappa shape index (κ2) is 6.25. The van der Waals surface area contributed by atoms with Gasteiger partial charge in [-0.05, 0) is 50.1 Å². The predicted octanol–water partition coefficient (Wildman–Crippen LogP) is 2.67. The number of nitrogens with two attached hydrogens (primary N) is 1. The van der Waals surface area contributed by atoms with Crippen LogP contribution < -0.4 is 5.73 Å². The minimum atomic E-state index is 0.410. The number of hydrogen-bond donors (Lipinski definition) is 1. The molecular formula is C15H19BrN4O. The summed E-state index contributed by atoms with van der Waals surface area (Å²) in [5.41, 5.74) is 6.79. The molecule has 1 saturated carbocycles. The fourth-order valence-electron chi connectivity index (χ4n) is 2.57. The van der Waals surface area contributed by atoms with Crippen LogP contribution in [0.15, 0.2) is 33.2 Å². The molecule has 1 unspecified atom stereocenters. The Hall–Kier alpha value is -1.24. The smallest absolute Gasteiger partial charge is 0.247 e. The molecule has 0 bridgehead atoms. The highest BCUT2D eigenvalue weighted by molar-refractivity contribution is 9.10. The summed E-state index contributed by atoms with van der Waals surface area (Å²) in [7, 11) is 2.07. The van der Waals surface area contributed by atoms with Gasteiger partial charge in [-0.3, -0.25) is 4.90 Å². The van der Waals surface area contributed by atoms with Gasteiger partial charge in [0.2, 0.25) is 11.8 Å². The Labute approximate surface area is 132 Å². The topological polar surface area (TPSA) is 68.2 Å². The normalized spacial score (nSPS) is 16.4. The number of rotatable bonds is 6. The summed E-state index contributed by atoms with van der Waals surface area (Å²) in [5.74, 6) is 1.92. The molecule has 3 rings (SSSR count). The van der Waals surface area contributed by atoms with Gasteiger partial charge in [-0.2, -0.15) is 0 Å². The van der Waals surface area contributed by atoms with Gasteiger partial charge >= 0.3 is 0 Å². The number of benzene rings is 1. The molecule has 0 aliphatic heterocycles. The van der Waals surface area contributed by atoms with E-state index >= 15 is 0 Å². The van der Waals surface area contributed by atoms with Gasteiger partial charge in [0.25, 0.3) is 0 Å². The van der Waals surface area contributed by atoms with E-state index < -0.39 is 0 Å². The van der Waals surface area contributed by atoms with Gasteiger partial charge in [-0.25, -0.2) is 0 Å². The van der Waals surface area contributed by atoms with E-state index in [0.29, 0.717) is 30.9 Å². The van der Waals surface area contributed by atoms with Crippen LogP contribution in [-0.2, 0) is 6.54 Å². The molecule has 0 radical (unpaired) electrons. The molecule has 21 heavy (non-hydrogen) atoms. The Bertz CT molecular complexity index is 594. The minimum absolute atomic E-state index is 0.410. The number of aromatic nitrogens is 2. The second-order valence-electron chi connectivity index (χ2n) is 5.56. The van der Waals surface area contributed by atoms with Gasteiger partial charge in [0.1, 0.15) is 0 Å². The summed E-state index contributed by atoms with van der Waals surface area (Å²) in [6.07, 6.45) is 2.56. The highest BCUT2D eigenvalue weighted by Gasteiger charge is 2.33. The van der Waals surface area contributed by atoms with Crippen LogP contribution in [0.3, 0.4) is 0 Å². The molecule has 112 valence electrons. The summed E-state index contributed by atoms with van der Waals surface area (Å²) >= 11 is 3.41. The largest absolute Gasteiger partial charge is 0.419 e. The zero-order valence-electron chi connectivity index (χ0n) is 12.0. The SMILES string of the molecule is CN(Cc1nnc(-c2ccc(Br)cc2)o1)C(CN)C1CC1. The third-order valence-electron chi connectivity index (χ3n) is 3.92. The van der Waals surface area contributed by atoms with Gasteiger partial charge in [-0.15, -0.1) is 10.2 Å². The van der Waals surface area contributed by atoms with E-state index in [4.69, 9.17) is 10.2 Å². The van der Waals surface area contributed by atoms with E-state index in [1.54, 1.807) is 0 Å². The van der Waals surface area contributed by atoms with Crippen LogP contribution in [0.5, 0.6) is 0 Å². The van der Waals surface area contributed by atoms with E-state index in [1.807, 2.05) is 24.3 Å². The highest BCUT2D eigenvalue weighted by Crippen LogP contribution is 2.35. The first-order chi connectivity index (χ1) is 10.2. The molecule has 1 atom stereocenters. The Morgan fingerprint density at radius 1 is 1.33 bits per heavy atom. The third kappa shape index (κ3) is 3.51. The molecule has 2 N–H and O–H groups in total. The van der Waals surface area contributed by atoms with Crippen molar-refractivity contribution in [3.8, 4) is 11.5 Å². The summed E-state index contributed by atoms with van der Waals surface area (Å²) < 4.78 is 6.78. The standard InChI is InChI=1S/C15H19BrN4O/c1-20(13(8-17)10-2-3-10)9-14-18-19-15(21-14)11-4-6-12(16)7-5-11/h4-7,10,13H,2-3,8-9,17H2,1H3. The van der Waals surface area contributed by atoms with Crippen molar-refractivity contribution in [2.75, 3.05) is 13.6 Å². The lowest BCUT2D eigenvalue weighted by atomic mass is 10.1. The quantitative estimate of drug-likeness (QED) is 0.867. The van der Waals surface area contributed by atoms with Crippen molar-refractivity contribution < 1.29 is 4.42 Å². The Morgan fingerprint density at radius 2 is 2.05 bits per heavy atom. The fourth-order valence-corrected chi connectivity index (χ4v) is 2.83. The first kappa shape index (κ1) is 14.7. The first-order valence-corrected chi connectivity index (χ1v) is 7.95. The summed E-state index contributed by atoms with van der Waals surface area (Å²) in [6, 6.07) is 8.25. The molecule has 5 nitrogen and oxygen atoms in total. The molecule has 1 fully saturated rings. The number of halogens is 1. The van der Waals surface area contributed by atoms with Gasteiger partial charge in [0.05, 0.1) is 6.54 Å². The van der Waals surface area contributed by atoms with Crippen LogP contribution in [0.25, 0.3) is 11.5 Å². The molecule has 1 heterocycles. The third-order valence-corrected chi connectivity index (χ3v) is 4.45. The summed E-state index contributed by atoms with van der Waals surface area (Å²) in [4.78, 5) is 2.22. The van der Waals surface area contributed by atoms with E-state index in [-0.39, 0.29) is 0 Å². The van der Waals surface area contributed by atoms with Crippen molar-refractivity contribution in [3.05, 3.63) is 34.6 Å². The number of hydrogen-bond acceptors (Lipinski definition) is 5. The predicted molar refractivity (Wildman–Crippen MR) is 84.5 cm³/mol. The second-order valence-corrected chi connectivity index (χ2v) is 6.48. The molecule has 0 spiro atoms. The Morgan fingerprint density at radius 3 is 2.67 bits per heavy atom. The highest BCUT2D eigenvalue weighted by atomic mass is 79.9. The number of likely N-dealkylation sites (N-methyl/N-ethyl adjacent to an activating group) is 1. The lowest BCUT2D eigenvalue weighted by Crippen LogP contribution is -2.39. The van der Waals surface area contributed by atoms with E-state index in [1.165, 1.54) is 12.8 Å². The van der Waals surface area contributed by atoms with Crippen LogP contribution >= 0.6 is 15.9 Å². The number of nitrogens with zero attached hydrogens (tertiary/aromatic N) is 3. The average molecular weight is 351 g/mol. The summed E-state index contributed by atoms with van der Waals surface area (Å²) in [5, 5.41) is 8.27. The Balaban J connectivity index is 1.68.